The van der Waals surface area contributed by atoms with Crippen LogP contribution in [0.2, 0.25) is 0 Å². The Morgan fingerprint density at radius 1 is 1.42 bits per heavy atom. The Bertz CT molecular complexity index is 564. The van der Waals surface area contributed by atoms with Gasteiger partial charge in [-0.3, -0.25) is 4.79 Å². The molecular weight excluding hydrogens is 262 g/mol. The van der Waals surface area contributed by atoms with Gasteiger partial charge in [0.15, 0.2) is 0 Å². The van der Waals surface area contributed by atoms with Crippen LogP contribution in [0, 0.1) is 0 Å². The molecule has 5 heteroatoms. The van der Waals surface area contributed by atoms with Gasteiger partial charge in [-0.15, -0.1) is 11.3 Å². The molecule has 1 aromatic heterocycles. The van der Waals surface area contributed by atoms with E-state index >= 15 is 0 Å². The van der Waals surface area contributed by atoms with E-state index in [2.05, 4.69) is 5.32 Å². The molecule has 0 bridgehead atoms. The van der Waals surface area contributed by atoms with E-state index in [4.69, 9.17) is 4.74 Å². The van der Waals surface area contributed by atoms with Gasteiger partial charge in [0, 0.05) is 0 Å². The lowest BCUT2D eigenvalue weighted by molar-refractivity contribution is 0.103. The molecule has 19 heavy (non-hydrogen) atoms. The zero-order valence-corrected chi connectivity index (χ0v) is 11.5. The standard InChI is InChI=1S/C14H15NO3S/c1-9(16)10-5-6-12(18-2)11(8-10)15-14(17)13-4-3-7-19-13/h3-9,16H,1-2H3,(H,15,17). The number of thiophene rings is 1. The zero-order chi connectivity index (χ0) is 13.8. The number of aliphatic hydroxyl groups excluding tert-OH is 1. The van der Waals surface area contributed by atoms with Crippen molar-refractivity contribution < 1.29 is 14.6 Å². The lowest BCUT2D eigenvalue weighted by Crippen LogP contribution is -2.11. The first-order valence-electron chi connectivity index (χ1n) is 5.82. The summed E-state index contributed by atoms with van der Waals surface area (Å²) in [5.41, 5.74) is 1.28. The Morgan fingerprint density at radius 2 is 2.21 bits per heavy atom. The molecule has 0 radical (unpaired) electrons. The van der Waals surface area contributed by atoms with E-state index in [-0.39, 0.29) is 5.91 Å². The fourth-order valence-corrected chi connectivity index (χ4v) is 2.29. The van der Waals surface area contributed by atoms with Gasteiger partial charge in [0.05, 0.1) is 23.8 Å². The lowest BCUT2D eigenvalue weighted by Gasteiger charge is -2.12. The van der Waals surface area contributed by atoms with Gasteiger partial charge in [-0.1, -0.05) is 12.1 Å². The smallest absolute Gasteiger partial charge is 0.265 e. The second-order valence-corrected chi connectivity index (χ2v) is 5.01. The zero-order valence-electron chi connectivity index (χ0n) is 10.7. The molecule has 1 heterocycles. The molecule has 0 aliphatic carbocycles. The maximum atomic E-state index is 12.0. The minimum absolute atomic E-state index is 0.184. The highest BCUT2D eigenvalue weighted by Crippen LogP contribution is 2.28. The number of benzene rings is 1. The van der Waals surface area contributed by atoms with Gasteiger partial charge < -0.3 is 15.2 Å². The second kappa shape index (κ2) is 5.86. The number of hydrogen-bond acceptors (Lipinski definition) is 4. The van der Waals surface area contributed by atoms with Crippen molar-refractivity contribution in [3.8, 4) is 5.75 Å². The number of carbonyl (C=O) groups is 1. The van der Waals surface area contributed by atoms with Crippen molar-refractivity contribution >= 4 is 22.9 Å². The summed E-state index contributed by atoms with van der Waals surface area (Å²) in [6.07, 6.45) is -0.594. The van der Waals surface area contributed by atoms with Crippen molar-refractivity contribution in [3.63, 3.8) is 0 Å². The number of rotatable bonds is 4. The summed E-state index contributed by atoms with van der Waals surface area (Å²) in [4.78, 5) is 12.6. The van der Waals surface area contributed by atoms with Crippen molar-refractivity contribution in [1.29, 1.82) is 0 Å². The summed E-state index contributed by atoms with van der Waals surface area (Å²) in [5, 5.41) is 14.2. The number of ether oxygens (including phenoxy) is 1. The average Bonchev–Trinajstić information content (AvgIpc) is 2.92. The van der Waals surface area contributed by atoms with Gasteiger partial charge in [0.2, 0.25) is 0 Å². The second-order valence-electron chi connectivity index (χ2n) is 4.07. The van der Waals surface area contributed by atoms with Crippen molar-refractivity contribution in [2.45, 2.75) is 13.0 Å². The van der Waals surface area contributed by atoms with Crippen LogP contribution in [0.5, 0.6) is 5.75 Å². The van der Waals surface area contributed by atoms with Crippen LogP contribution in [-0.4, -0.2) is 18.1 Å². The Morgan fingerprint density at radius 3 is 2.79 bits per heavy atom. The van der Waals surface area contributed by atoms with Gasteiger partial charge in [-0.2, -0.15) is 0 Å². The third kappa shape index (κ3) is 3.13. The van der Waals surface area contributed by atoms with Crippen LogP contribution in [0.1, 0.15) is 28.3 Å². The summed E-state index contributed by atoms with van der Waals surface area (Å²) in [5.74, 6) is 0.380. The number of amides is 1. The number of methoxy groups -OCH3 is 1. The van der Waals surface area contributed by atoms with E-state index in [0.717, 1.165) is 5.56 Å². The molecule has 0 aliphatic rings. The molecule has 0 aliphatic heterocycles. The lowest BCUT2D eigenvalue weighted by atomic mass is 10.1. The highest BCUT2D eigenvalue weighted by molar-refractivity contribution is 7.12. The van der Waals surface area contributed by atoms with Crippen LogP contribution in [0.4, 0.5) is 5.69 Å². The maximum Gasteiger partial charge on any atom is 0.265 e. The van der Waals surface area contributed by atoms with Crippen LogP contribution in [0.3, 0.4) is 0 Å². The Kier molecular flexibility index (Phi) is 4.19. The van der Waals surface area contributed by atoms with Crippen LogP contribution < -0.4 is 10.1 Å². The minimum Gasteiger partial charge on any atom is -0.495 e. The minimum atomic E-state index is -0.594. The van der Waals surface area contributed by atoms with Crippen LogP contribution in [0.25, 0.3) is 0 Å². The number of hydrogen-bond donors (Lipinski definition) is 2. The van der Waals surface area contributed by atoms with Crippen LogP contribution in [-0.2, 0) is 0 Å². The first kappa shape index (κ1) is 13.6. The normalized spacial score (nSPS) is 11.9. The van der Waals surface area contributed by atoms with Crippen LogP contribution in [0.15, 0.2) is 35.7 Å². The maximum absolute atomic E-state index is 12.0. The molecule has 1 aromatic carbocycles. The topological polar surface area (TPSA) is 58.6 Å². The highest BCUT2D eigenvalue weighted by atomic mass is 32.1. The van der Waals surface area contributed by atoms with E-state index in [9.17, 15) is 9.90 Å². The quantitative estimate of drug-likeness (QED) is 0.903. The summed E-state index contributed by atoms with van der Waals surface area (Å²) in [6.45, 7) is 1.67. The fraction of sp³-hybridized carbons (Fsp3) is 0.214. The molecule has 4 nitrogen and oxygen atoms in total. The first-order valence-corrected chi connectivity index (χ1v) is 6.70. The number of anilines is 1. The van der Waals surface area contributed by atoms with Crippen molar-refractivity contribution in [3.05, 3.63) is 46.2 Å². The molecule has 0 spiro atoms. The van der Waals surface area contributed by atoms with Crippen molar-refractivity contribution in [2.24, 2.45) is 0 Å². The van der Waals surface area contributed by atoms with Gasteiger partial charge in [0.25, 0.3) is 5.91 Å². The molecule has 2 N–H and O–H groups in total. The predicted molar refractivity (Wildman–Crippen MR) is 75.9 cm³/mol. The molecule has 1 unspecified atom stereocenters. The van der Waals surface area contributed by atoms with E-state index in [0.29, 0.717) is 16.3 Å². The van der Waals surface area contributed by atoms with Gasteiger partial charge in [-0.25, -0.2) is 0 Å². The van der Waals surface area contributed by atoms with E-state index < -0.39 is 6.10 Å². The molecule has 0 saturated carbocycles. The summed E-state index contributed by atoms with van der Waals surface area (Å²) >= 11 is 1.37. The van der Waals surface area contributed by atoms with Gasteiger partial charge in [-0.05, 0) is 36.1 Å². The number of aliphatic hydroxyl groups is 1. The molecule has 1 atom stereocenters. The van der Waals surface area contributed by atoms with E-state index in [1.807, 2.05) is 11.4 Å². The van der Waals surface area contributed by atoms with Crippen molar-refractivity contribution in [2.75, 3.05) is 12.4 Å². The summed E-state index contributed by atoms with van der Waals surface area (Å²) < 4.78 is 5.21. The van der Waals surface area contributed by atoms with Gasteiger partial charge in [0.1, 0.15) is 5.75 Å². The van der Waals surface area contributed by atoms with E-state index in [1.165, 1.54) is 18.4 Å². The third-order valence-corrected chi connectivity index (χ3v) is 3.57. The Labute approximate surface area is 115 Å². The first-order chi connectivity index (χ1) is 9.11. The average molecular weight is 277 g/mol. The molecule has 1 amide bonds. The monoisotopic (exact) mass is 277 g/mol. The molecule has 100 valence electrons. The summed E-state index contributed by atoms with van der Waals surface area (Å²) in [6, 6.07) is 8.79. The summed E-state index contributed by atoms with van der Waals surface area (Å²) in [7, 11) is 1.54. The highest BCUT2D eigenvalue weighted by Gasteiger charge is 2.12. The number of nitrogens with one attached hydrogen (secondary N) is 1. The van der Waals surface area contributed by atoms with Gasteiger partial charge >= 0.3 is 0 Å². The number of carbonyl (C=O) groups excluding carboxylic acids is 1. The fourth-order valence-electron chi connectivity index (χ4n) is 1.67. The van der Waals surface area contributed by atoms with Crippen LogP contribution >= 0.6 is 11.3 Å². The Hall–Kier alpha value is -1.85. The van der Waals surface area contributed by atoms with E-state index in [1.54, 1.807) is 31.2 Å². The largest absolute Gasteiger partial charge is 0.495 e. The molecule has 2 rings (SSSR count). The molecule has 0 fully saturated rings. The third-order valence-electron chi connectivity index (χ3n) is 2.70. The molecule has 2 aromatic rings. The molecular formula is C14H15NO3S. The SMILES string of the molecule is COc1ccc(C(C)O)cc1NC(=O)c1cccs1. The molecule has 0 saturated heterocycles. The van der Waals surface area contributed by atoms with Crippen molar-refractivity contribution in [1.82, 2.24) is 0 Å². The Balaban J connectivity index is 2.27. The predicted octanol–water partition coefficient (Wildman–Crippen LogP) is 3.06.